The van der Waals surface area contributed by atoms with Gasteiger partial charge in [-0.1, -0.05) is 0 Å². The third-order valence-corrected chi connectivity index (χ3v) is 3.46. The Hall–Kier alpha value is -0.650. The SMILES string of the molecule is C[C@@H]1CN(C(=O)COC[C@H]2CCCO2)C[C@@H](C)N1. The first-order valence-electron chi connectivity index (χ1n) is 6.88. The highest BCUT2D eigenvalue weighted by Gasteiger charge is 2.25. The molecule has 2 aliphatic rings. The van der Waals surface area contributed by atoms with Crippen molar-refractivity contribution < 1.29 is 14.3 Å². The quantitative estimate of drug-likeness (QED) is 0.790. The van der Waals surface area contributed by atoms with Crippen LogP contribution in [0.3, 0.4) is 0 Å². The Morgan fingerprint density at radius 1 is 1.39 bits per heavy atom. The van der Waals surface area contributed by atoms with Gasteiger partial charge in [0.2, 0.25) is 5.91 Å². The fraction of sp³-hybridized carbons (Fsp3) is 0.923. The Balaban J connectivity index is 1.67. The molecule has 5 nitrogen and oxygen atoms in total. The number of carbonyl (C=O) groups excluding carboxylic acids is 1. The summed E-state index contributed by atoms with van der Waals surface area (Å²) < 4.78 is 10.9. The van der Waals surface area contributed by atoms with Crippen molar-refractivity contribution in [3.63, 3.8) is 0 Å². The smallest absolute Gasteiger partial charge is 0.248 e. The molecule has 1 N–H and O–H groups in total. The van der Waals surface area contributed by atoms with E-state index in [1.54, 1.807) is 0 Å². The topological polar surface area (TPSA) is 50.8 Å². The maximum absolute atomic E-state index is 12.0. The monoisotopic (exact) mass is 256 g/mol. The molecule has 2 aliphatic heterocycles. The van der Waals surface area contributed by atoms with Gasteiger partial charge in [-0.25, -0.2) is 0 Å². The Kier molecular flexibility index (Phi) is 4.97. The second-order valence-corrected chi connectivity index (χ2v) is 5.42. The zero-order valence-corrected chi connectivity index (χ0v) is 11.4. The molecular formula is C13H24N2O3. The minimum atomic E-state index is 0.0909. The van der Waals surface area contributed by atoms with Crippen LogP contribution in [-0.2, 0) is 14.3 Å². The number of ether oxygens (including phenoxy) is 2. The van der Waals surface area contributed by atoms with Crippen molar-refractivity contribution in [2.45, 2.75) is 44.9 Å². The predicted octanol–water partition coefficient (Wildman–Crippen LogP) is 0.391. The molecule has 0 radical (unpaired) electrons. The molecule has 104 valence electrons. The van der Waals surface area contributed by atoms with Gasteiger partial charge in [0.25, 0.3) is 0 Å². The van der Waals surface area contributed by atoms with Crippen molar-refractivity contribution in [3.8, 4) is 0 Å². The van der Waals surface area contributed by atoms with Crippen LogP contribution in [0.2, 0.25) is 0 Å². The highest BCUT2D eigenvalue weighted by Crippen LogP contribution is 2.12. The van der Waals surface area contributed by atoms with Gasteiger partial charge < -0.3 is 19.7 Å². The van der Waals surface area contributed by atoms with E-state index >= 15 is 0 Å². The first-order chi connectivity index (χ1) is 8.65. The van der Waals surface area contributed by atoms with Crippen LogP contribution in [0.25, 0.3) is 0 Å². The van der Waals surface area contributed by atoms with Gasteiger partial charge in [0, 0.05) is 31.8 Å². The lowest BCUT2D eigenvalue weighted by molar-refractivity contribution is -0.139. The standard InChI is InChI=1S/C13H24N2O3/c1-10-6-15(7-11(2)14-10)13(16)9-17-8-12-4-3-5-18-12/h10-12,14H,3-9H2,1-2H3/t10-,11-,12-/m1/s1. The van der Waals surface area contributed by atoms with E-state index < -0.39 is 0 Å². The highest BCUT2D eigenvalue weighted by atomic mass is 16.5. The third kappa shape index (κ3) is 3.93. The number of piperazine rings is 1. The summed E-state index contributed by atoms with van der Waals surface area (Å²) in [5.74, 6) is 0.0909. The van der Waals surface area contributed by atoms with Crippen molar-refractivity contribution in [3.05, 3.63) is 0 Å². The Bertz CT molecular complexity index is 269. The van der Waals surface area contributed by atoms with Gasteiger partial charge in [-0.05, 0) is 26.7 Å². The lowest BCUT2D eigenvalue weighted by Crippen LogP contribution is -2.56. The molecule has 0 bridgehead atoms. The van der Waals surface area contributed by atoms with Crippen molar-refractivity contribution in [1.29, 1.82) is 0 Å². The van der Waals surface area contributed by atoms with Crippen LogP contribution in [0.4, 0.5) is 0 Å². The van der Waals surface area contributed by atoms with Crippen LogP contribution < -0.4 is 5.32 Å². The largest absolute Gasteiger partial charge is 0.376 e. The number of carbonyl (C=O) groups is 1. The Labute approximate surface area is 109 Å². The first-order valence-corrected chi connectivity index (χ1v) is 6.88. The molecule has 0 aromatic heterocycles. The predicted molar refractivity (Wildman–Crippen MR) is 68.4 cm³/mol. The second-order valence-electron chi connectivity index (χ2n) is 5.42. The van der Waals surface area contributed by atoms with Crippen LogP contribution in [0.15, 0.2) is 0 Å². The molecule has 2 heterocycles. The van der Waals surface area contributed by atoms with Gasteiger partial charge in [0.1, 0.15) is 6.61 Å². The minimum Gasteiger partial charge on any atom is -0.376 e. The summed E-state index contributed by atoms with van der Waals surface area (Å²) in [4.78, 5) is 13.9. The van der Waals surface area contributed by atoms with Crippen LogP contribution in [0.1, 0.15) is 26.7 Å². The Morgan fingerprint density at radius 3 is 2.72 bits per heavy atom. The van der Waals surface area contributed by atoms with Gasteiger partial charge in [-0.15, -0.1) is 0 Å². The van der Waals surface area contributed by atoms with E-state index in [-0.39, 0.29) is 18.6 Å². The van der Waals surface area contributed by atoms with Crippen LogP contribution in [-0.4, -0.2) is 61.9 Å². The summed E-state index contributed by atoms with van der Waals surface area (Å²) in [5, 5.41) is 3.41. The maximum Gasteiger partial charge on any atom is 0.248 e. The highest BCUT2D eigenvalue weighted by molar-refractivity contribution is 5.77. The zero-order chi connectivity index (χ0) is 13.0. The summed E-state index contributed by atoms with van der Waals surface area (Å²) in [6, 6.07) is 0.715. The van der Waals surface area contributed by atoms with E-state index in [4.69, 9.17) is 9.47 Å². The summed E-state index contributed by atoms with van der Waals surface area (Å²) >= 11 is 0. The van der Waals surface area contributed by atoms with Gasteiger partial charge in [-0.3, -0.25) is 4.79 Å². The molecule has 1 amide bonds. The third-order valence-electron chi connectivity index (χ3n) is 3.46. The fourth-order valence-electron chi connectivity index (χ4n) is 2.68. The molecule has 0 aromatic rings. The van der Waals surface area contributed by atoms with Crippen LogP contribution in [0, 0.1) is 0 Å². The number of nitrogens with zero attached hydrogens (tertiary/aromatic N) is 1. The second kappa shape index (κ2) is 6.50. The molecule has 0 aromatic carbocycles. The molecule has 2 rings (SSSR count). The van der Waals surface area contributed by atoms with Crippen LogP contribution >= 0.6 is 0 Å². The zero-order valence-electron chi connectivity index (χ0n) is 11.4. The summed E-state index contributed by atoms with van der Waals surface area (Å²) in [7, 11) is 0. The van der Waals surface area contributed by atoms with Gasteiger partial charge in [0.15, 0.2) is 0 Å². The minimum absolute atomic E-state index is 0.0909. The van der Waals surface area contributed by atoms with Crippen LogP contribution in [0.5, 0.6) is 0 Å². The van der Waals surface area contributed by atoms with E-state index in [2.05, 4.69) is 19.2 Å². The number of amides is 1. The van der Waals surface area contributed by atoms with E-state index in [9.17, 15) is 4.79 Å². The van der Waals surface area contributed by atoms with Gasteiger partial charge in [-0.2, -0.15) is 0 Å². The molecule has 18 heavy (non-hydrogen) atoms. The van der Waals surface area contributed by atoms with Crippen molar-refractivity contribution in [2.24, 2.45) is 0 Å². The number of rotatable bonds is 4. The summed E-state index contributed by atoms with van der Waals surface area (Å²) in [6.45, 7) is 7.29. The van der Waals surface area contributed by atoms with Gasteiger partial charge >= 0.3 is 0 Å². The molecule has 0 unspecified atom stereocenters. The number of hydrogen-bond donors (Lipinski definition) is 1. The molecule has 2 fully saturated rings. The molecule has 0 spiro atoms. The van der Waals surface area contributed by atoms with Crippen molar-refractivity contribution in [1.82, 2.24) is 10.2 Å². The van der Waals surface area contributed by atoms with E-state index in [0.717, 1.165) is 32.5 Å². The average Bonchev–Trinajstić information content (AvgIpc) is 2.80. The first kappa shape index (κ1) is 13.8. The summed E-state index contributed by atoms with van der Waals surface area (Å²) in [5.41, 5.74) is 0. The maximum atomic E-state index is 12.0. The molecule has 0 aliphatic carbocycles. The molecular weight excluding hydrogens is 232 g/mol. The number of hydrogen-bond acceptors (Lipinski definition) is 4. The molecule has 5 heteroatoms. The van der Waals surface area contributed by atoms with E-state index in [1.165, 1.54) is 0 Å². The number of nitrogens with one attached hydrogen (secondary N) is 1. The lowest BCUT2D eigenvalue weighted by Gasteiger charge is -2.36. The Morgan fingerprint density at radius 2 is 2.11 bits per heavy atom. The lowest BCUT2D eigenvalue weighted by atomic mass is 10.1. The van der Waals surface area contributed by atoms with Crippen molar-refractivity contribution in [2.75, 3.05) is 32.9 Å². The fourth-order valence-corrected chi connectivity index (χ4v) is 2.68. The molecule has 0 saturated carbocycles. The molecule has 2 saturated heterocycles. The van der Waals surface area contributed by atoms with E-state index in [1.807, 2.05) is 4.90 Å². The van der Waals surface area contributed by atoms with Crippen molar-refractivity contribution >= 4 is 5.91 Å². The van der Waals surface area contributed by atoms with E-state index in [0.29, 0.717) is 18.7 Å². The van der Waals surface area contributed by atoms with Gasteiger partial charge in [0.05, 0.1) is 12.7 Å². The average molecular weight is 256 g/mol. The normalized spacial score (nSPS) is 32.8. The summed E-state index contributed by atoms with van der Waals surface area (Å²) in [6.07, 6.45) is 2.35. The molecule has 3 atom stereocenters.